The predicted molar refractivity (Wildman–Crippen MR) is 113 cm³/mol. The lowest BCUT2D eigenvalue weighted by atomic mass is 10.1. The second kappa shape index (κ2) is 8.10. The van der Waals surface area contributed by atoms with Gasteiger partial charge in [-0.1, -0.05) is 12.1 Å². The summed E-state index contributed by atoms with van der Waals surface area (Å²) in [6, 6.07) is 4.09. The first kappa shape index (κ1) is 19.1. The van der Waals surface area contributed by atoms with Crippen LogP contribution in [-0.4, -0.2) is 56.2 Å². The monoisotopic (exact) mass is 405 g/mol. The number of pyridine rings is 1. The van der Waals surface area contributed by atoms with Crippen LogP contribution in [0.3, 0.4) is 0 Å². The Morgan fingerprint density at radius 1 is 1.03 bits per heavy atom. The summed E-state index contributed by atoms with van der Waals surface area (Å²) in [5.41, 5.74) is 3.57. The van der Waals surface area contributed by atoms with Crippen LogP contribution in [0.15, 0.2) is 29.0 Å². The largest absolute Gasteiger partial charge is 0.354 e. The Bertz CT molecular complexity index is 1010. The summed E-state index contributed by atoms with van der Waals surface area (Å²) in [7, 11) is 0. The van der Waals surface area contributed by atoms with E-state index in [2.05, 4.69) is 31.8 Å². The van der Waals surface area contributed by atoms with Crippen molar-refractivity contribution in [2.45, 2.75) is 45.6 Å². The molecule has 1 unspecified atom stereocenters. The molecule has 30 heavy (non-hydrogen) atoms. The number of fused-ring (bicyclic) bond motifs is 1. The van der Waals surface area contributed by atoms with Gasteiger partial charge in [-0.25, -0.2) is 9.97 Å². The van der Waals surface area contributed by atoms with E-state index in [0.717, 1.165) is 74.9 Å². The smallest absolute Gasteiger partial charge is 0.243 e. The Morgan fingerprint density at radius 3 is 2.57 bits per heavy atom. The van der Waals surface area contributed by atoms with E-state index in [0.29, 0.717) is 5.89 Å². The van der Waals surface area contributed by atoms with E-state index in [4.69, 9.17) is 14.5 Å². The highest BCUT2D eigenvalue weighted by atomic mass is 16.5. The zero-order chi connectivity index (χ0) is 20.5. The highest BCUT2D eigenvalue weighted by molar-refractivity contribution is 5.61. The molecular weight excluding hydrogens is 378 g/mol. The summed E-state index contributed by atoms with van der Waals surface area (Å²) in [5.74, 6) is 3.41. The van der Waals surface area contributed by atoms with Gasteiger partial charge in [0.15, 0.2) is 11.6 Å². The molecule has 1 aliphatic heterocycles. The normalized spacial score (nSPS) is 17.9. The van der Waals surface area contributed by atoms with Crippen LogP contribution < -0.4 is 4.90 Å². The Hall–Kier alpha value is -2.87. The lowest BCUT2D eigenvalue weighted by Gasteiger charge is -2.38. The quantitative estimate of drug-likeness (QED) is 0.641. The molecule has 4 heterocycles. The van der Waals surface area contributed by atoms with E-state index in [1.807, 2.05) is 19.1 Å². The number of anilines is 1. The summed E-state index contributed by atoms with van der Waals surface area (Å²) in [6.07, 6.45) is 7.66. The molecule has 0 radical (unpaired) electrons. The molecule has 8 heteroatoms. The van der Waals surface area contributed by atoms with Gasteiger partial charge in [0.2, 0.25) is 5.89 Å². The van der Waals surface area contributed by atoms with Gasteiger partial charge in [-0.05, 0) is 38.3 Å². The highest BCUT2D eigenvalue weighted by Crippen LogP contribution is 2.32. The molecule has 156 valence electrons. The first-order valence-electron chi connectivity index (χ1n) is 10.8. The van der Waals surface area contributed by atoms with Crippen LogP contribution in [0.25, 0.3) is 11.4 Å². The van der Waals surface area contributed by atoms with Gasteiger partial charge in [-0.2, -0.15) is 4.98 Å². The van der Waals surface area contributed by atoms with Crippen molar-refractivity contribution in [3.63, 3.8) is 0 Å². The van der Waals surface area contributed by atoms with Gasteiger partial charge in [0, 0.05) is 61.8 Å². The van der Waals surface area contributed by atoms with Gasteiger partial charge in [0.1, 0.15) is 5.82 Å². The number of piperazine rings is 1. The summed E-state index contributed by atoms with van der Waals surface area (Å²) in [6.45, 7) is 7.92. The van der Waals surface area contributed by atoms with Crippen molar-refractivity contribution >= 4 is 5.82 Å². The average Bonchev–Trinajstić information content (AvgIpc) is 3.48. The number of aryl methyl sites for hydroxylation is 2. The van der Waals surface area contributed by atoms with Gasteiger partial charge >= 0.3 is 0 Å². The molecule has 3 aromatic heterocycles. The molecule has 0 bridgehead atoms. The molecule has 5 rings (SSSR count). The molecule has 8 nitrogen and oxygen atoms in total. The van der Waals surface area contributed by atoms with Crippen molar-refractivity contribution in [3.05, 3.63) is 47.5 Å². The molecule has 1 aliphatic carbocycles. The van der Waals surface area contributed by atoms with Crippen molar-refractivity contribution in [2.24, 2.45) is 0 Å². The van der Waals surface area contributed by atoms with Gasteiger partial charge < -0.3 is 9.42 Å². The SMILES string of the molecule is CCc1noc(C(C)N2CCN(c3nc(-c4ccncc4)nc4c3CCC4)CC2)n1. The van der Waals surface area contributed by atoms with E-state index in [-0.39, 0.29) is 6.04 Å². The minimum absolute atomic E-state index is 0.128. The van der Waals surface area contributed by atoms with Crippen molar-refractivity contribution in [1.82, 2.24) is 30.0 Å². The van der Waals surface area contributed by atoms with E-state index in [1.165, 1.54) is 11.3 Å². The van der Waals surface area contributed by atoms with E-state index >= 15 is 0 Å². The highest BCUT2D eigenvalue weighted by Gasteiger charge is 2.29. The Labute approximate surface area is 176 Å². The summed E-state index contributed by atoms with van der Waals surface area (Å²) < 4.78 is 5.47. The number of aromatic nitrogens is 5. The number of rotatable bonds is 5. The van der Waals surface area contributed by atoms with Crippen molar-refractivity contribution in [3.8, 4) is 11.4 Å². The second-order valence-corrected chi connectivity index (χ2v) is 7.99. The van der Waals surface area contributed by atoms with E-state index < -0.39 is 0 Å². The molecule has 2 aliphatic rings. The number of hydrogen-bond acceptors (Lipinski definition) is 8. The van der Waals surface area contributed by atoms with Gasteiger partial charge in [-0.3, -0.25) is 9.88 Å². The van der Waals surface area contributed by atoms with Crippen LogP contribution in [0.5, 0.6) is 0 Å². The maximum atomic E-state index is 5.47. The van der Waals surface area contributed by atoms with E-state index in [1.54, 1.807) is 12.4 Å². The fourth-order valence-electron chi connectivity index (χ4n) is 4.36. The Balaban J connectivity index is 1.35. The van der Waals surface area contributed by atoms with Crippen molar-refractivity contribution < 1.29 is 4.52 Å². The number of hydrogen-bond donors (Lipinski definition) is 0. The lowest BCUT2D eigenvalue weighted by molar-refractivity contribution is 0.164. The summed E-state index contributed by atoms with van der Waals surface area (Å²) in [4.78, 5) is 23.3. The van der Waals surface area contributed by atoms with Gasteiger partial charge in [0.25, 0.3) is 0 Å². The van der Waals surface area contributed by atoms with Crippen LogP contribution in [0.2, 0.25) is 0 Å². The standard InChI is InChI=1S/C22H27N7O/c1-3-19-25-22(30-27-19)15(2)28-11-13-29(14-12-28)21-17-5-4-6-18(17)24-20(26-21)16-7-9-23-10-8-16/h7-10,15H,3-6,11-14H2,1-2H3. The molecule has 0 aromatic carbocycles. The minimum atomic E-state index is 0.128. The average molecular weight is 406 g/mol. The third-order valence-corrected chi connectivity index (χ3v) is 6.17. The van der Waals surface area contributed by atoms with Crippen molar-refractivity contribution in [2.75, 3.05) is 31.1 Å². The molecule has 1 saturated heterocycles. The van der Waals surface area contributed by atoms with Gasteiger partial charge in [-0.15, -0.1) is 0 Å². The Kier molecular flexibility index (Phi) is 5.16. The third kappa shape index (κ3) is 3.56. The molecule has 3 aromatic rings. The first-order chi connectivity index (χ1) is 14.7. The Morgan fingerprint density at radius 2 is 1.83 bits per heavy atom. The van der Waals surface area contributed by atoms with Gasteiger partial charge in [0.05, 0.1) is 6.04 Å². The number of nitrogens with zero attached hydrogens (tertiary/aromatic N) is 7. The first-order valence-corrected chi connectivity index (χ1v) is 10.8. The maximum absolute atomic E-state index is 5.47. The second-order valence-electron chi connectivity index (χ2n) is 7.99. The molecule has 0 spiro atoms. The van der Waals surface area contributed by atoms with Crippen LogP contribution in [0.1, 0.15) is 49.3 Å². The molecule has 0 N–H and O–H groups in total. The van der Waals surface area contributed by atoms with Crippen molar-refractivity contribution in [1.29, 1.82) is 0 Å². The molecule has 1 fully saturated rings. The molecule has 0 saturated carbocycles. The molecule has 1 atom stereocenters. The van der Waals surface area contributed by atoms with Crippen LogP contribution in [0, 0.1) is 0 Å². The summed E-state index contributed by atoms with van der Waals surface area (Å²) >= 11 is 0. The topological polar surface area (TPSA) is 84.1 Å². The summed E-state index contributed by atoms with van der Waals surface area (Å²) in [5, 5.41) is 4.05. The lowest BCUT2D eigenvalue weighted by Crippen LogP contribution is -2.47. The van der Waals surface area contributed by atoms with Crippen LogP contribution in [0.4, 0.5) is 5.82 Å². The predicted octanol–water partition coefficient (Wildman–Crippen LogP) is 2.86. The maximum Gasteiger partial charge on any atom is 0.243 e. The fourth-order valence-corrected chi connectivity index (χ4v) is 4.36. The zero-order valence-electron chi connectivity index (χ0n) is 17.6. The minimum Gasteiger partial charge on any atom is -0.354 e. The van der Waals surface area contributed by atoms with E-state index in [9.17, 15) is 0 Å². The third-order valence-electron chi connectivity index (χ3n) is 6.17. The van der Waals surface area contributed by atoms with Crippen LogP contribution >= 0.6 is 0 Å². The molecular formula is C22H27N7O. The molecule has 0 amide bonds. The zero-order valence-corrected chi connectivity index (χ0v) is 17.6. The van der Waals surface area contributed by atoms with Crippen LogP contribution in [-0.2, 0) is 19.3 Å². The fraction of sp³-hybridized carbons (Fsp3) is 0.500.